The summed E-state index contributed by atoms with van der Waals surface area (Å²) in [5.74, 6) is 0.451. The van der Waals surface area contributed by atoms with Crippen LogP contribution in [-0.4, -0.2) is 28.2 Å². The highest BCUT2D eigenvalue weighted by Gasteiger charge is 2.19. The van der Waals surface area contributed by atoms with Gasteiger partial charge in [0.1, 0.15) is 17.4 Å². The number of ether oxygens (including phenoxy) is 1. The second-order valence-electron chi connectivity index (χ2n) is 6.05. The maximum atomic E-state index is 12.5. The lowest BCUT2D eigenvalue weighted by Crippen LogP contribution is -2.23. The highest BCUT2D eigenvalue weighted by atomic mass is 32.2. The minimum atomic E-state index is -0.536. The number of thioether (sulfide) groups is 1. The van der Waals surface area contributed by atoms with Gasteiger partial charge in [0.2, 0.25) is 5.91 Å². The second kappa shape index (κ2) is 9.08. The Kier molecular flexibility index (Phi) is 6.32. The van der Waals surface area contributed by atoms with Gasteiger partial charge in [-0.2, -0.15) is 5.26 Å². The average molecular weight is 406 g/mol. The lowest BCUT2D eigenvalue weighted by atomic mass is 10.1. The maximum Gasteiger partial charge on any atom is 0.270 e. The summed E-state index contributed by atoms with van der Waals surface area (Å²) in [6.07, 6.45) is 0. The van der Waals surface area contributed by atoms with E-state index in [0.29, 0.717) is 22.7 Å². The molecule has 0 saturated carbocycles. The van der Waals surface area contributed by atoms with E-state index in [2.05, 4.69) is 15.3 Å². The van der Waals surface area contributed by atoms with Crippen LogP contribution >= 0.6 is 11.8 Å². The van der Waals surface area contributed by atoms with E-state index in [1.54, 1.807) is 62.6 Å². The minimum Gasteiger partial charge on any atom is -0.497 e. The van der Waals surface area contributed by atoms with Gasteiger partial charge in [-0.15, -0.1) is 0 Å². The summed E-state index contributed by atoms with van der Waals surface area (Å²) in [6.45, 7) is 1.71. The first-order valence-corrected chi connectivity index (χ1v) is 9.61. The Balaban J connectivity index is 1.80. The number of H-pyrrole nitrogens is 1. The maximum absolute atomic E-state index is 12.5. The van der Waals surface area contributed by atoms with Gasteiger partial charge in [0.25, 0.3) is 5.56 Å². The van der Waals surface area contributed by atoms with Crippen LogP contribution in [0.25, 0.3) is 11.3 Å². The van der Waals surface area contributed by atoms with Crippen LogP contribution in [0.4, 0.5) is 5.69 Å². The lowest BCUT2D eigenvalue weighted by molar-refractivity contribution is -0.115. The summed E-state index contributed by atoms with van der Waals surface area (Å²) in [5.41, 5.74) is 0.992. The molecule has 1 aromatic heterocycles. The van der Waals surface area contributed by atoms with E-state index < -0.39 is 10.8 Å². The van der Waals surface area contributed by atoms with Gasteiger partial charge in [-0.25, -0.2) is 4.98 Å². The largest absolute Gasteiger partial charge is 0.497 e. The summed E-state index contributed by atoms with van der Waals surface area (Å²) >= 11 is 1.11. The minimum absolute atomic E-state index is 0.0594. The van der Waals surface area contributed by atoms with Gasteiger partial charge >= 0.3 is 0 Å². The van der Waals surface area contributed by atoms with Crippen LogP contribution in [0.1, 0.15) is 12.5 Å². The van der Waals surface area contributed by atoms with Crippen molar-refractivity contribution in [3.63, 3.8) is 0 Å². The molecule has 0 aliphatic carbocycles. The molecule has 29 heavy (non-hydrogen) atoms. The van der Waals surface area contributed by atoms with E-state index in [9.17, 15) is 14.9 Å². The van der Waals surface area contributed by atoms with Crippen molar-refractivity contribution in [1.29, 1.82) is 5.26 Å². The highest BCUT2D eigenvalue weighted by molar-refractivity contribution is 8.00. The molecule has 146 valence electrons. The van der Waals surface area contributed by atoms with Crippen LogP contribution in [0.3, 0.4) is 0 Å². The van der Waals surface area contributed by atoms with Gasteiger partial charge < -0.3 is 15.0 Å². The molecule has 0 aliphatic rings. The van der Waals surface area contributed by atoms with Crippen LogP contribution in [-0.2, 0) is 4.79 Å². The Labute approximate surface area is 171 Å². The molecule has 0 fully saturated rings. The number of benzene rings is 2. The normalized spacial score (nSPS) is 11.3. The highest BCUT2D eigenvalue weighted by Crippen LogP contribution is 2.25. The molecule has 8 heteroatoms. The Hall–Kier alpha value is -3.57. The zero-order valence-electron chi connectivity index (χ0n) is 15.8. The Morgan fingerprint density at radius 1 is 1.21 bits per heavy atom. The quantitative estimate of drug-likeness (QED) is 0.480. The van der Waals surface area contributed by atoms with E-state index in [1.807, 2.05) is 12.1 Å². The van der Waals surface area contributed by atoms with Gasteiger partial charge in [-0.1, -0.05) is 42.1 Å². The lowest BCUT2D eigenvalue weighted by Gasteiger charge is -2.12. The third-order valence-corrected chi connectivity index (χ3v) is 5.06. The number of nitriles is 1. The van der Waals surface area contributed by atoms with Crippen molar-refractivity contribution in [2.75, 3.05) is 12.4 Å². The first-order valence-electron chi connectivity index (χ1n) is 8.73. The molecular formula is C21H18N4O3S. The van der Waals surface area contributed by atoms with Crippen molar-refractivity contribution in [1.82, 2.24) is 9.97 Å². The van der Waals surface area contributed by atoms with Crippen LogP contribution in [0.5, 0.6) is 5.75 Å². The molecule has 0 spiro atoms. The number of aromatic nitrogens is 2. The molecule has 7 nitrogen and oxygen atoms in total. The van der Waals surface area contributed by atoms with Gasteiger partial charge in [-0.05, 0) is 31.2 Å². The molecule has 1 atom stereocenters. The molecule has 0 bridgehead atoms. The molecular weight excluding hydrogens is 388 g/mol. The van der Waals surface area contributed by atoms with Crippen molar-refractivity contribution in [3.05, 3.63) is 70.5 Å². The van der Waals surface area contributed by atoms with Gasteiger partial charge in [-0.3, -0.25) is 9.59 Å². The van der Waals surface area contributed by atoms with Crippen molar-refractivity contribution in [2.45, 2.75) is 17.3 Å². The zero-order chi connectivity index (χ0) is 20.8. The molecule has 0 unspecified atom stereocenters. The number of amides is 1. The number of carbonyl (C=O) groups is 1. The number of methoxy groups -OCH3 is 1. The van der Waals surface area contributed by atoms with Gasteiger partial charge in [0.05, 0.1) is 18.1 Å². The predicted octanol–water partition coefficient (Wildman–Crippen LogP) is 3.44. The van der Waals surface area contributed by atoms with Crippen LogP contribution in [0, 0.1) is 11.3 Å². The molecule has 2 aromatic carbocycles. The van der Waals surface area contributed by atoms with E-state index in [1.165, 1.54) is 0 Å². The fraction of sp³-hybridized carbons (Fsp3) is 0.143. The Morgan fingerprint density at radius 3 is 2.52 bits per heavy atom. The van der Waals surface area contributed by atoms with E-state index in [4.69, 9.17) is 4.74 Å². The summed E-state index contributed by atoms with van der Waals surface area (Å²) < 4.78 is 5.10. The zero-order valence-corrected chi connectivity index (χ0v) is 16.6. The van der Waals surface area contributed by atoms with Crippen molar-refractivity contribution < 1.29 is 9.53 Å². The standard InChI is InChI=1S/C21H18N4O3S/c1-13(19(26)23-15-8-10-16(28-2)11-9-15)29-21-24-18(14-6-4-3-5-7-14)17(12-22)20(27)25-21/h3-11,13H,1-2H3,(H,23,26)(H,24,25,27)/t13-/m1/s1. The number of anilines is 1. The molecule has 2 N–H and O–H groups in total. The summed E-state index contributed by atoms with van der Waals surface area (Å²) in [7, 11) is 1.57. The Bertz CT molecular complexity index is 1110. The number of nitrogens with zero attached hydrogens (tertiary/aromatic N) is 2. The monoisotopic (exact) mass is 406 g/mol. The molecule has 0 saturated heterocycles. The summed E-state index contributed by atoms with van der Waals surface area (Å²) in [5, 5.41) is 11.9. The SMILES string of the molecule is COc1ccc(NC(=O)[C@@H](C)Sc2nc(-c3ccccc3)c(C#N)c(=O)[nH]2)cc1. The number of aromatic amines is 1. The van der Waals surface area contributed by atoms with E-state index >= 15 is 0 Å². The third kappa shape index (κ3) is 4.83. The fourth-order valence-corrected chi connectivity index (χ4v) is 3.35. The van der Waals surface area contributed by atoms with Crippen LogP contribution in [0.15, 0.2) is 64.5 Å². The molecule has 1 heterocycles. The predicted molar refractivity (Wildman–Crippen MR) is 112 cm³/mol. The van der Waals surface area contributed by atoms with Crippen LogP contribution < -0.4 is 15.6 Å². The fourth-order valence-electron chi connectivity index (χ4n) is 2.56. The topological polar surface area (TPSA) is 108 Å². The van der Waals surface area contributed by atoms with E-state index in [0.717, 1.165) is 11.8 Å². The second-order valence-corrected chi connectivity index (χ2v) is 7.38. The molecule has 1 amide bonds. The first-order chi connectivity index (χ1) is 14.0. The number of hydrogen-bond acceptors (Lipinski definition) is 6. The first kappa shape index (κ1) is 20.2. The van der Waals surface area contributed by atoms with Crippen LogP contribution in [0.2, 0.25) is 0 Å². The Morgan fingerprint density at radius 2 is 1.90 bits per heavy atom. The average Bonchev–Trinajstić information content (AvgIpc) is 2.74. The third-order valence-electron chi connectivity index (χ3n) is 4.07. The number of rotatable bonds is 6. The van der Waals surface area contributed by atoms with Crippen molar-refractivity contribution >= 4 is 23.4 Å². The molecule has 0 aliphatic heterocycles. The summed E-state index contributed by atoms with van der Waals surface area (Å²) in [4.78, 5) is 31.8. The van der Waals surface area contributed by atoms with Crippen molar-refractivity contribution in [3.8, 4) is 23.1 Å². The van der Waals surface area contributed by atoms with Crippen molar-refractivity contribution in [2.24, 2.45) is 0 Å². The number of hydrogen-bond donors (Lipinski definition) is 2. The molecule has 3 rings (SSSR count). The smallest absolute Gasteiger partial charge is 0.270 e. The molecule has 0 radical (unpaired) electrons. The number of carbonyl (C=O) groups excluding carboxylic acids is 1. The summed E-state index contributed by atoms with van der Waals surface area (Å²) in [6, 6.07) is 17.9. The number of nitrogens with one attached hydrogen (secondary N) is 2. The molecule has 3 aromatic rings. The van der Waals surface area contributed by atoms with Gasteiger partial charge in [0.15, 0.2) is 5.16 Å². The van der Waals surface area contributed by atoms with E-state index in [-0.39, 0.29) is 16.6 Å². The van der Waals surface area contributed by atoms with Gasteiger partial charge in [0, 0.05) is 11.3 Å².